The average Bonchev–Trinajstić information content (AvgIpc) is 3.51. The summed E-state index contributed by atoms with van der Waals surface area (Å²) in [6.45, 7) is 5.59. The highest BCUT2D eigenvalue weighted by atomic mass is 16.2. The summed E-state index contributed by atoms with van der Waals surface area (Å²) >= 11 is 0. The minimum atomic E-state index is -0.191. The van der Waals surface area contributed by atoms with Gasteiger partial charge in [-0.1, -0.05) is 19.8 Å². The monoisotopic (exact) mass is 433 g/mol. The van der Waals surface area contributed by atoms with Crippen molar-refractivity contribution in [2.75, 3.05) is 25.0 Å². The Balaban J connectivity index is 1.29. The number of fused-ring (bicyclic) bond motifs is 1. The Morgan fingerprint density at radius 3 is 2.66 bits per heavy atom. The number of urea groups is 1. The highest BCUT2D eigenvalue weighted by molar-refractivity contribution is 5.90. The van der Waals surface area contributed by atoms with E-state index in [2.05, 4.69) is 48.4 Å². The van der Waals surface area contributed by atoms with Crippen molar-refractivity contribution in [3.63, 3.8) is 0 Å². The first-order valence-corrected chi connectivity index (χ1v) is 11.8. The average molecular weight is 434 g/mol. The summed E-state index contributed by atoms with van der Waals surface area (Å²) < 4.78 is 2.10. The van der Waals surface area contributed by atoms with E-state index in [0.29, 0.717) is 11.9 Å². The number of aromatic nitrogens is 4. The minimum absolute atomic E-state index is 0.191. The number of amides is 2. The molecule has 0 atom stereocenters. The molecule has 0 aromatic carbocycles. The van der Waals surface area contributed by atoms with E-state index in [1.54, 1.807) is 6.07 Å². The lowest BCUT2D eigenvalue weighted by atomic mass is 10.1. The molecule has 1 aliphatic heterocycles. The van der Waals surface area contributed by atoms with Crippen LogP contribution < -0.4 is 10.6 Å². The number of piperidine rings is 1. The first-order chi connectivity index (χ1) is 15.7. The second-order valence-electron chi connectivity index (χ2n) is 8.91. The number of pyridine rings is 2. The quantitative estimate of drug-likeness (QED) is 0.629. The van der Waals surface area contributed by atoms with E-state index in [4.69, 9.17) is 0 Å². The first kappa shape index (κ1) is 20.9. The summed E-state index contributed by atoms with van der Waals surface area (Å²) in [5.74, 6) is 0.533. The van der Waals surface area contributed by atoms with Gasteiger partial charge in [0.25, 0.3) is 0 Å². The number of anilines is 1. The Hall–Kier alpha value is -3.00. The van der Waals surface area contributed by atoms with Gasteiger partial charge in [-0.05, 0) is 50.4 Å². The van der Waals surface area contributed by atoms with Crippen molar-refractivity contribution < 1.29 is 4.79 Å². The number of rotatable bonds is 5. The molecule has 4 heterocycles. The van der Waals surface area contributed by atoms with Gasteiger partial charge in [-0.25, -0.2) is 9.78 Å². The van der Waals surface area contributed by atoms with Gasteiger partial charge in [-0.3, -0.25) is 15.0 Å². The number of hydrogen-bond acceptors (Lipinski definition) is 5. The summed E-state index contributed by atoms with van der Waals surface area (Å²) in [7, 11) is 0. The molecule has 1 saturated heterocycles. The fourth-order valence-corrected chi connectivity index (χ4v) is 4.83. The Kier molecular flexibility index (Phi) is 6.03. The maximum atomic E-state index is 12.3. The van der Waals surface area contributed by atoms with Crippen LogP contribution in [0.1, 0.15) is 51.5 Å². The third-order valence-corrected chi connectivity index (χ3v) is 6.78. The van der Waals surface area contributed by atoms with Gasteiger partial charge in [0.05, 0.1) is 23.3 Å². The van der Waals surface area contributed by atoms with Crippen molar-refractivity contribution in [1.82, 2.24) is 30.0 Å². The summed E-state index contributed by atoms with van der Waals surface area (Å²) in [6, 6.07) is 6.24. The Morgan fingerprint density at radius 2 is 1.88 bits per heavy atom. The highest BCUT2D eigenvalue weighted by Crippen LogP contribution is 2.27. The van der Waals surface area contributed by atoms with Gasteiger partial charge in [0, 0.05) is 42.7 Å². The molecule has 2 amide bonds. The van der Waals surface area contributed by atoms with Crippen LogP contribution in [0.5, 0.6) is 0 Å². The molecule has 168 valence electrons. The lowest BCUT2D eigenvalue weighted by Gasteiger charge is -2.31. The number of carbonyl (C=O) groups is 1. The summed E-state index contributed by atoms with van der Waals surface area (Å²) in [5, 5.41) is 10.5. The van der Waals surface area contributed by atoms with E-state index in [0.717, 1.165) is 67.5 Å². The summed E-state index contributed by atoms with van der Waals surface area (Å²) in [6.07, 6.45) is 12.6. The topological polar surface area (TPSA) is 88.0 Å². The third kappa shape index (κ3) is 4.60. The maximum absolute atomic E-state index is 12.3. The van der Waals surface area contributed by atoms with Crippen molar-refractivity contribution in [3.8, 4) is 11.1 Å². The molecule has 1 aliphatic carbocycles. The molecule has 2 fully saturated rings. The first-order valence-electron chi connectivity index (χ1n) is 11.8. The van der Waals surface area contributed by atoms with Gasteiger partial charge in [-0.2, -0.15) is 5.10 Å². The zero-order valence-electron chi connectivity index (χ0n) is 18.6. The zero-order chi connectivity index (χ0) is 21.9. The number of likely N-dealkylation sites (tertiary alicyclic amines) is 1. The van der Waals surface area contributed by atoms with Gasteiger partial charge in [0.15, 0.2) is 0 Å². The Bertz CT molecular complexity index is 1080. The zero-order valence-corrected chi connectivity index (χ0v) is 18.6. The van der Waals surface area contributed by atoms with Gasteiger partial charge in [0.1, 0.15) is 5.82 Å². The molecule has 8 heteroatoms. The lowest BCUT2D eigenvalue weighted by Crippen LogP contribution is -2.36. The van der Waals surface area contributed by atoms with Crippen LogP contribution in [0.2, 0.25) is 0 Å². The molecule has 8 nitrogen and oxygen atoms in total. The molecule has 3 aromatic rings. The molecule has 2 N–H and O–H groups in total. The Morgan fingerprint density at radius 1 is 1.06 bits per heavy atom. The van der Waals surface area contributed by atoms with Crippen LogP contribution in [0.15, 0.2) is 36.8 Å². The third-order valence-electron chi connectivity index (χ3n) is 6.78. The number of nitrogens with one attached hydrogen (secondary N) is 2. The molecule has 0 bridgehead atoms. The number of carbonyl (C=O) groups excluding carboxylic acids is 1. The molecule has 0 spiro atoms. The number of nitrogens with zero attached hydrogens (tertiary/aromatic N) is 5. The van der Waals surface area contributed by atoms with Crippen LogP contribution in [-0.4, -0.2) is 56.4 Å². The Labute approximate surface area is 188 Å². The van der Waals surface area contributed by atoms with Crippen LogP contribution in [0.3, 0.4) is 0 Å². The highest BCUT2D eigenvalue weighted by Gasteiger charge is 2.20. The summed E-state index contributed by atoms with van der Waals surface area (Å²) in [5.41, 5.74) is 3.58. The molecular formula is C24H31N7O. The van der Waals surface area contributed by atoms with Crippen molar-refractivity contribution in [1.29, 1.82) is 0 Å². The van der Waals surface area contributed by atoms with E-state index < -0.39 is 0 Å². The molecule has 0 radical (unpaired) electrons. The van der Waals surface area contributed by atoms with E-state index >= 15 is 0 Å². The second kappa shape index (κ2) is 9.24. The fourth-order valence-electron chi connectivity index (χ4n) is 4.83. The molecule has 3 aromatic heterocycles. The molecule has 5 rings (SSSR count). The predicted octanol–water partition coefficient (Wildman–Crippen LogP) is 4.21. The number of hydrogen-bond donors (Lipinski definition) is 2. The van der Waals surface area contributed by atoms with E-state index in [1.165, 1.54) is 12.8 Å². The largest absolute Gasteiger partial charge is 0.335 e. The van der Waals surface area contributed by atoms with E-state index in [1.807, 2.05) is 24.5 Å². The van der Waals surface area contributed by atoms with Gasteiger partial charge in [0.2, 0.25) is 0 Å². The van der Waals surface area contributed by atoms with Crippen LogP contribution in [0.4, 0.5) is 10.6 Å². The van der Waals surface area contributed by atoms with Crippen LogP contribution in [0.25, 0.3) is 22.2 Å². The van der Waals surface area contributed by atoms with Gasteiger partial charge < -0.3 is 10.2 Å². The van der Waals surface area contributed by atoms with Crippen molar-refractivity contribution >= 4 is 22.9 Å². The molecule has 2 aliphatic rings. The van der Waals surface area contributed by atoms with Crippen molar-refractivity contribution in [2.45, 2.75) is 57.5 Å². The van der Waals surface area contributed by atoms with E-state index in [9.17, 15) is 4.79 Å². The van der Waals surface area contributed by atoms with Crippen LogP contribution >= 0.6 is 0 Å². The van der Waals surface area contributed by atoms with Crippen molar-refractivity contribution in [3.05, 3.63) is 36.8 Å². The minimum Gasteiger partial charge on any atom is -0.335 e. The molecule has 32 heavy (non-hydrogen) atoms. The second-order valence-corrected chi connectivity index (χ2v) is 8.91. The maximum Gasteiger partial charge on any atom is 0.320 e. The van der Waals surface area contributed by atoms with E-state index in [-0.39, 0.29) is 12.1 Å². The summed E-state index contributed by atoms with van der Waals surface area (Å²) in [4.78, 5) is 24.0. The van der Waals surface area contributed by atoms with Crippen LogP contribution in [-0.2, 0) is 0 Å². The normalized spacial score (nSPS) is 18.3. The van der Waals surface area contributed by atoms with Gasteiger partial charge in [-0.15, -0.1) is 0 Å². The predicted molar refractivity (Wildman–Crippen MR) is 126 cm³/mol. The lowest BCUT2D eigenvalue weighted by molar-refractivity contribution is 0.187. The SMILES string of the molecule is CCN1CCC(n2cc(-c3cnc4ccc(NC(=O)NC5CCCC5)nc4c3)cn2)CC1. The fraction of sp³-hybridized carbons (Fsp3) is 0.500. The molecule has 1 saturated carbocycles. The van der Waals surface area contributed by atoms with Crippen molar-refractivity contribution in [2.24, 2.45) is 0 Å². The van der Waals surface area contributed by atoms with Gasteiger partial charge >= 0.3 is 6.03 Å². The van der Waals surface area contributed by atoms with Crippen LogP contribution in [0, 0.1) is 0 Å². The molecular weight excluding hydrogens is 402 g/mol. The molecule has 0 unspecified atom stereocenters. The smallest absolute Gasteiger partial charge is 0.320 e. The standard InChI is InChI=1S/C24H31N7O/c1-2-30-11-9-20(10-12-30)31-16-18(15-26-31)17-13-22-21(25-14-17)7-8-23(28-22)29-24(32)27-19-5-3-4-6-19/h7-8,13-16,19-20H,2-6,9-12H2,1H3,(H2,27,28,29,32).